The van der Waals surface area contributed by atoms with Crippen molar-refractivity contribution in [2.24, 2.45) is 0 Å². The lowest BCUT2D eigenvalue weighted by molar-refractivity contribution is 0.00578. The quantitative estimate of drug-likeness (QED) is 0.481. The first-order chi connectivity index (χ1) is 11.8. The Morgan fingerprint density at radius 1 is 1.12 bits per heavy atom. The number of carbonyl (C=O) groups is 1. The molecule has 1 heterocycles. The van der Waals surface area contributed by atoms with Gasteiger partial charge in [0.25, 0.3) is 0 Å². The molecule has 7 heteroatoms. The van der Waals surface area contributed by atoms with Crippen molar-refractivity contribution in [2.75, 3.05) is 26.8 Å². The van der Waals surface area contributed by atoms with Gasteiger partial charge in [0.15, 0.2) is 0 Å². The van der Waals surface area contributed by atoms with Gasteiger partial charge in [-0.1, -0.05) is 12.1 Å². The van der Waals surface area contributed by atoms with Gasteiger partial charge in [0.2, 0.25) is 0 Å². The van der Waals surface area contributed by atoms with E-state index in [2.05, 4.69) is 0 Å². The molecule has 0 aromatic carbocycles. The fraction of sp³-hybridized carbons (Fsp3) is 0.842. The monoisotopic (exact) mass is 369 g/mol. The molecule has 1 saturated heterocycles. The average molecular weight is 369 g/mol. The first-order valence-electron chi connectivity index (χ1n) is 9.38. The molecule has 1 rings (SSSR count). The van der Waals surface area contributed by atoms with Gasteiger partial charge in [-0.25, -0.2) is 4.79 Å². The summed E-state index contributed by atoms with van der Waals surface area (Å²) in [7, 11) is 1.42. The summed E-state index contributed by atoms with van der Waals surface area (Å²) in [6.07, 6.45) is 3.40. The number of carbonyl (C=O) groups excluding carboxylic acids is 1. The second kappa shape index (κ2) is 9.24. The summed E-state index contributed by atoms with van der Waals surface area (Å²) < 4.78 is 22.7. The van der Waals surface area contributed by atoms with E-state index in [0.29, 0.717) is 19.8 Å². The molecular weight excluding hydrogens is 333 g/mol. The van der Waals surface area contributed by atoms with Crippen LogP contribution >= 0.6 is 0 Å². The molecule has 0 atom stereocenters. The third-order valence-corrected chi connectivity index (χ3v) is 4.52. The van der Waals surface area contributed by atoms with Crippen LogP contribution in [0.25, 0.3) is 0 Å². The Balaban J connectivity index is 2.11. The van der Waals surface area contributed by atoms with E-state index >= 15 is 0 Å². The summed E-state index contributed by atoms with van der Waals surface area (Å²) in [6.45, 7) is 15.6. The Morgan fingerprint density at radius 2 is 1.69 bits per heavy atom. The maximum absolute atomic E-state index is 11.8. The van der Waals surface area contributed by atoms with Gasteiger partial charge in [0.05, 0.1) is 17.8 Å². The number of hydrogen-bond donors (Lipinski definition) is 0. The van der Waals surface area contributed by atoms with E-state index < -0.39 is 5.60 Å². The van der Waals surface area contributed by atoms with Crippen LogP contribution in [0.5, 0.6) is 0 Å². The number of nitrogens with zero attached hydrogens (tertiary/aromatic N) is 1. The number of hydrogen-bond acceptors (Lipinski definition) is 5. The number of rotatable bonds is 8. The Bertz CT molecular complexity index is 469. The fourth-order valence-electron chi connectivity index (χ4n) is 2.27. The van der Waals surface area contributed by atoms with Crippen molar-refractivity contribution in [1.29, 1.82) is 0 Å². The van der Waals surface area contributed by atoms with Crippen molar-refractivity contribution in [1.82, 2.24) is 4.90 Å². The van der Waals surface area contributed by atoms with Crippen molar-refractivity contribution in [3.63, 3.8) is 0 Å². The third kappa shape index (κ3) is 7.68. The molecule has 0 unspecified atom stereocenters. The number of unbranched alkanes of at least 4 members (excludes halogenated alkanes) is 1. The van der Waals surface area contributed by atoms with Crippen LogP contribution in [0.3, 0.4) is 0 Å². The van der Waals surface area contributed by atoms with E-state index in [9.17, 15) is 4.79 Å². The van der Waals surface area contributed by atoms with Gasteiger partial charge in [-0.3, -0.25) is 0 Å². The largest absolute Gasteiger partial charge is 0.486 e. The van der Waals surface area contributed by atoms with Crippen LogP contribution < -0.4 is 0 Å². The highest BCUT2D eigenvalue weighted by Crippen LogP contribution is 2.36. The third-order valence-electron chi connectivity index (χ3n) is 4.52. The summed E-state index contributed by atoms with van der Waals surface area (Å²) in [5.74, 6) is 1.90. The Labute approximate surface area is 159 Å². The Kier molecular flexibility index (Phi) is 8.17. The van der Waals surface area contributed by atoms with Gasteiger partial charge in [0.1, 0.15) is 5.60 Å². The lowest BCUT2D eigenvalue weighted by Crippen LogP contribution is -2.41. The molecule has 1 aliphatic rings. The van der Waals surface area contributed by atoms with E-state index in [1.807, 2.05) is 60.5 Å². The van der Waals surface area contributed by atoms with Crippen molar-refractivity contribution in [3.8, 4) is 0 Å². The molecule has 0 radical (unpaired) electrons. The number of amides is 1. The highest BCUT2D eigenvalue weighted by atomic mass is 16.7. The minimum Gasteiger partial charge on any atom is -0.444 e. The van der Waals surface area contributed by atoms with Gasteiger partial charge in [-0.2, -0.15) is 0 Å². The van der Waals surface area contributed by atoms with Gasteiger partial charge >= 0.3 is 13.2 Å². The minimum absolute atomic E-state index is 0.288. The van der Waals surface area contributed by atoms with Crippen molar-refractivity contribution in [2.45, 2.75) is 78.1 Å². The summed E-state index contributed by atoms with van der Waals surface area (Å²) >= 11 is 0. The highest BCUT2D eigenvalue weighted by Gasteiger charge is 2.49. The van der Waals surface area contributed by atoms with Crippen LogP contribution in [-0.4, -0.2) is 61.7 Å². The molecule has 0 spiro atoms. The van der Waals surface area contributed by atoms with Crippen molar-refractivity contribution >= 4 is 13.2 Å². The van der Waals surface area contributed by atoms with E-state index in [1.54, 1.807) is 11.9 Å². The SMILES string of the molecule is CN(CCCCOC/C=C/B1OC(C)(C)C(C)(C)O1)C(=O)OC(C)(C)C. The molecule has 0 aromatic heterocycles. The zero-order chi connectivity index (χ0) is 20.0. The minimum atomic E-state index is -0.460. The lowest BCUT2D eigenvalue weighted by atomic mass is 9.90. The zero-order valence-corrected chi connectivity index (χ0v) is 17.8. The Morgan fingerprint density at radius 3 is 2.23 bits per heavy atom. The molecule has 0 saturated carbocycles. The van der Waals surface area contributed by atoms with Crippen molar-refractivity contribution < 1.29 is 23.6 Å². The predicted molar refractivity (Wildman–Crippen MR) is 104 cm³/mol. The van der Waals surface area contributed by atoms with Gasteiger partial charge in [-0.15, -0.1) is 0 Å². The topological polar surface area (TPSA) is 57.2 Å². The van der Waals surface area contributed by atoms with E-state index in [4.69, 9.17) is 18.8 Å². The first kappa shape index (κ1) is 23.0. The normalized spacial score (nSPS) is 19.2. The van der Waals surface area contributed by atoms with Crippen LogP contribution in [0.4, 0.5) is 4.79 Å². The molecule has 0 bridgehead atoms. The van der Waals surface area contributed by atoms with Gasteiger partial charge in [-0.05, 0) is 61.3 Å². The maximum atomic E-state index is 11.8. The number of ether oxygens (including phenoxy) is 2. The van der Waals surface area contributed by atoms with Crippen LogP contribution in [0.15, 0.2) is 12.1 Å². The zero-order valence-electron chi connectivity index (χ0n) is 17.8. The summed E-state index contributed by atoms with van der Waals surface area (Å²) in [6, 6.07) is 0. The summed E-state index contributed by atoms with van der Waals surface area (Å²) in [4.78, 5) is 13.4. The predicted octanol–water partition coefficient (Wildman–Crippen LogP) is 3.84. The maximum Gasteiger partial charge on any atom is 0.486 e. The molecule has 6 nitrogen and oxygen atoms in total. The molecular formula is C19H36BNO5. The molecule has 0 N–H and O–H groups in total. The van der Waals surface area contributed by atoms with E-state index in [-0.39, 0.29) is 24.4 Å². The standard InChI is InChI=1S/C19H36BNO5/c1-17(2,3)24-16(22)21(8)13-9-10-14-23-15-11-12-20-25-18(4,5)19(6,7)26-20/h11-12H,9-10,13-15H2,1-8H3/b12-11+. The van der Waals surface area contributed by atoms with E-state index in [0.717, 1.165) is 12.8 Å². The molecule has 26 heavy (non-hydrogen) atoms. The summed E-state index contributed by atoms with van der Waals surface area (Å²) in [5.41, 5.74) is -1.09. The van der Waals surface area contributed by atoms with E-state index in [1.165, 1.54) is 0 Å². The van der Waals surface area contributed by atoms with Crippen molar-refractivity contribution in [3.05, 3.63) is 12.1 Å². The van der Waals surface area contributed by atoms with Crippen LogP contribution in [0.1, 0.15) is 61.3 Å². The first-order valence-corrected chi connectivity index (χ1v) is 9.38. The molecule has 1 fully saturated rings. The molecule has 0 aromatic rings. The molecule has 150 valence electrons. The second-order valence-corrected chi connectivity index (χ2v) is 8.74. The smallest absolute Gasteiger partial charge is 0.444 e. The van der Waals surface area contributed by atoms with Gasteiger partial charge in [0, 0.05) is 20.2 Å². The summed E-state index contributed by atoms with van der Waals surface area (Å²) in [5, 5.41) is 0. The van der Waals surface area contributed by atoms with Crippen LogP contribution in [0, 0.1) is 0 Å². The molecule has 1 aliphatic heterocycles. The molecule has 0 aliphatic carbocycles. The fourth-order valence-corrected chi connectivity index (χ4v) is 2.27. The van der Waals surface area contributed by atoms with Gasteiger partial charge < -0.3 is 23.7 Å². The Hall–Kier alpha value is -1.05. The van der Waals surface area contributed by atoms with Crippen LogP contribution in [-0.2, 0) is 18.8 Å². The average Bonchev–Trinajstić information content (AvgIpc) is 2.67. The van der Waals surface area contributed by atoms with Crippen LogP contribution in [0.2, 0.25) is 0 Å². The molecule has 1 amide bonds. The second-order valence-electron chi connectivity index (χ2n) is 8.74. The lowest BCUT2D eigenvalue weighted by Gasteiger charge is -2.32. The highest BCUT2D eigenvalue weighted by molar-refractivity contribution is 6.51.